The van der Waals surface area contributed by atoms with Crippen molar-refractivity contribution in [2.75, 3.05) is 26.2 Å². The van der Waals surface area contributed by atoms with Crippen LogP contribution in [-0.2, 0) is 4.74 Å². The van der Waals surface area contributed by atoms with Gasteiger partial charge in [-0.3, -0.25) is 4.99 Å². The smallest absolute Gasteiger partial charge is 0.191 e. The maximum atomic E-state index is 6.01. The van der Waals surface area contributed by atoms with E-state index in [2.05, 4.69) is 9.89 Å². The minimum atomic E-state index is 0. The van der Waals surface area contributed by atoms with E-state index in [0.29, 0.717) is 6.10 Å². The molecule has 0 aromatic carbocycles. The number of hydrogen-bond acceptors (Lipinski definition) is 2. The zero-order chi connectivity index (χ0) is 12.6. The highest BCUT2D eigenvalue weighted by molar-refractivity contribution is 14.0. The lowest BCUT2D eigenvalue weighted by molar-refractivity contribution is 0.0105. The molecule has 0 amide bonds. The summed E-state index contributed by atoms with van der Waals surface area (Å²) in [5, 5.41) is 0. The van der Waals surface area contributed by atoms with Gasteiger partial charge in [-0.1, -0.05) is 0 Å². The van der Waals surface area contributed by atoms with Gasteiger partial charge < -0.3 is 15.4 Å². The van der Waals surface area contributed by atoms with E-state index in [1.165, 1.54) is 38.5 Å². The lowest BCUT2D eigenvalue weighted by atomic mass is 10.1. The van der Waals surface area contributed by atoms with Crippen molar-refractivity contribution < 1.29 is 4.74 Å². The van der Waals surface area contributed by atoms with Gasteiger partial charge in [-0.2, -0.15) is 0 Å². The fourth-order valence-electron chi connectivity index (χ4n) is 2.77. The number of ether oxygens (including phenoxy) is 1. The van der Waals surface area contributed by atoms with Crippen molar-refractivity contribution in [2.45, 2.75) is 57.5 Å². The third-order valence-corrected chi connectivity index (χ3v) is 3.91. The topological polar surface area (TPSA) is 50.9 Å². The van der Waals surface area contributed by atoms with Crippen LogP contribution < -0.4 is 5.73 Å². The maximum Gasteiger partial charge on any atom is 0.191 e. The van der Waals surface area contributed by atoms with Gasteiger partial charge >= 0.3 is 0 Å². The first-order valence-electron chi connectivity index (χ1n) is 7.53. The van der Waals surface area contributed by atoms with E-state index in [1.54, 1.807) is 0 Å². The lowest BCUT2D eigenvalue weighted by Gasteiger charge is -2.27. The molecule has 0 spiro atoms. The van der Waals surface area contributed by atoms with Crippen molar-refractivity contribution in [1.82, 2.24) is 4.90 Å². The number of likely N-dealkylation sites (tertiary alicyclic amines) is 1. The number of nitrogens with zero attached hydrogens (tertiary/aromatic N) is 2. The number of guanidine groups is 1. The Morgan fingerprint density at radius 3 is 2.63 bits per heavy atom. The predicted octanol–water partition coefficient (Wildman–Crippen LogP) is 2.75. The van der Waals surface area contributed by atoms with E-state index in [1.807, 2.05) is 0 Å². The van der Waals surface area contributed by atoms with Crippen LogP contribution >= 0.6 is 24.0 Å². The molecule has 1 unspecified atom stereocenters. The van der Waals surface area contributed by atoms with Gasteiger partial charge in [-0.15, -0.1) is 24.0 Å². The molecule has 0 aliphatic carbocycles. The number of nitrogens with two attached hydrogens (primary N) is 1. The minimum absolute atomic E-state index is 0. The molecule has 2 aliphatic rings. The fourth-order valence-corrected chi connectivity index (χ4v) is 2.77. The Morgan fingerprint density at radius 2 is 1.95 bits per heavy atom. The second-order valence-electron chi connectivity index (χ2n) is 5.42. The van der Waals surface area contributed by atoms with Crippen LogP contribution in [-0.4, -0.2) is 43.2 Å². The number of piperidine rings is 1. The number of halogens is 1. The first kappa shape index (κ1) is 17.0. The Labute approximate surface area is 134 Å². The van der Waals surface area contributed by atoms with Gasteiger partial charge in [0.05, 0.1) is 6.10 Å². The highest BCUT2D eigenvalue weighted by Crippen LogP contribution is 2.16. The van der Waals surface area contributed by atoms with Crippen LogP contribution in [0.4, 0.5) is 0 Å². The van der Waals surface area contributed by atoms with Gasteiger partial charge in [0.2, 0.25) is 0 Å². The van der Waals surface area contributed by atoms with Crippen molar-refractivity contribution >= 4 is 29.9 Å². The molecule has 5 heteroatoms. The van der Waals surface area contributed by atoms with Crippen molar-refractivity contribution in [2.24, 2.45) is 10.7 Å². The zero-order valence-corrected chi connectivity index (χ0v) is 14.2. The third-order valence-electron chi connectivity index (χ3n) is 3.91. The normalized spacial score (nSPS) is 24.9. The number of rotatable bonds is 4. The van der Waals surface area contributed by atoms with Gasteiger partial charge in [0.25, 0.3) is 0 Å². The van der Waals surface area contributed by atoms with E-state index in [4.69, 9.17) is 10.5 Å². The standard InChI is InChI=1S/C14H27N3O.HI/c15-14(17-10-3-1-4-11-17)16-9-6-8-13-7-2-5-12-18-13;/h13H,1-12H2,(H2,15,16);1H. The van der Waals surface area contributed by atoms with Crippen molar-refractivity contribution in [1.29, 1.82) is 0 Å². The Balaban J connectivity index is 0.00000180. The van der Waals surface area contributed by atoms with Crippen LogP contribution in [0.2, 0.25) is 0 Å². The summed E-state index contributed by atoms with van der Waals surface area (Å²) in [5.41, 5.74) is 6.01. The quantitative estimate of drug-likeness (QED) is 0.353. The van der Waals surface area contributed by atoms with E-state index in [-0.39, 0.29) is 24.0 Å². The van der Waals surface area contributed by atoms with Gasteiger partial charge in [0.1, 0.15) is 0 Å². The minimum Gasteiger partial charge on any atom is -0.378 e. The van der Waals surface area contributed by atoms with E-state index < -0.39 is 0 Å². The van der Waals surface area contributed by atoms with Crippen molar-refractivity contribution in [3.8, 4) is 0 Å². The summed E-state index contributed by atoms with van der Waals surface area (Å²) in [6, 6.07) is 0. The number of aliphatic imine (C=N–C) groups is 1. The molecule has 0 aromatic heterocycles. The Morgan fingerprint density at radius 1 is 1.16 bits per heavy atom. The summed E-state index contributed by atoms with van der Waals surface area (Å²) in [4.78, 5) is 6.72. The Bertz CT molecular complexity index is 261. The second kappa shape index (κ2) is 9.80. The summed E-state index contributed by atoms with van der Waals surface area (Å²) in [6.45, 7) is 3.97. The molecule has 1 atom stereocenters. The molecule has 2 aliphatic heterocycles. The molecule has 19 heavy (non-hydrogen) atoms. The maximum absolute atomic E-state index is 6.01. The second-order valence-corrected chi connectivity index (χ2v) is 5.42. The monoisotopic (exact) mass is 381 g/mol. The molecule has 0 bridgehead atoms. The van der Waals surface area contributed by atoms with E-state index in [0.717, 1.165) is 45.0 Å². The van der Waals surface area contributed by atoms with E-state index >= 15 is 0 Å². The summed E-state index contributed by atoms with van der Waals surface area (Å²) in [7, 11) is 0. The first-order chi connectivity index (χ1) is 8.86. The van der Waals surface area contributed by atoms with Gasteiger partial charge in [0.15, 0.2) is 5.96 Å². The Hall–Kier alpha value is -0.0400. The lowest BCUT2D eigenvalue weighted by Crippen LogP contribution is -2.40. The molecule has 0 saturated carbocycles. The molecule has 0 radical (unpaired) electrons. The molecular formula is C14H28IN3O. The van der Waals surface area contributed by atoms with Crippen LogP contribution in [0.15, 0.2) is 4.99 Å². The average molecular weight is 381 g/mol. The zero-order valence-electron chi connectivity index (χ0n) is 11.9. The molecule has 2 saturated heterocycles. The molecule has 0 aromatic rings. The van der Waals surface area contributed by atoms with Crippen molar-refractivity contribution in [3.05, 3.63) is 0 Å². The van der Waals surface area contributed by atoms with Crippen LogP contribution in [0.1, 0.15) is 51.4 Å². The average Bonchev–Trinajstić information content (AvgIpc) is 2.45. The highest BCUT2D eigenvalue weighted by Gasteiger charge is 2.14. The van der Waals surface area contributed by atoms with Crippen LogP contribution in [0.5, 0.6) is 0 Å². The molecule has 2 heterocycles. The molecule has 2 rings (SSSR count). The first-order valence-corrected chi connectivity index (χ1v) is 7.53. The van der Waals surface area contributed by atoms with Gasteiger partial charge in [-0.25, -0.2) is 0 Å². The molecule has 4 nitrogen and oxygen atoms in total. The van der Waals surface area contributed by atoms with Crippen LogP contribution in [0.3, 0.4) is 0 Å². The predicted molar refractivity (Wildman–Crippen MR) is 90.2 cm³/mol. The molecule has 112 valence electrons. The SMILES string of the molecule is I.NC(=NCCCC1CCCCO1)N1CCCCC1. The highest BCUT2D eigenvalue weighted by atomic mass is 127. The molecular weight excluding hydrogens is 353 g/mol. The molecule has 2 fully saturated rings. The van der Waals surface area contributed by atoms with Gasteiger partial charge in [-0.05, 0) is 51.4 Å². The summed E-state index contributed by atoms with van der Waals surface area (Å²) in [5.74, 6) is 0.749. The molecule has 2 N–H and O–H groups in total. The largest absolute Gasteiger partial charge is 0.378 e. The summed E-state index contributed by atoms with van der Waals surface area (Å²) in [6.07, 6.45) is 10.3. The summed E-state index contributed by atoms with van der Waals surface area (Å²) < 4.78 is 5.71. The Kier molecular flexibility index (Phi) is 8.77. The van der Waals surface area contributed by atoms with Crippen LogP contribution in [0, 0.1) is 0 Å². The van der Waals surface area contributed by atoms with E-state index in [9.17, 15) is 0 Å². The third kappa shape index (κ3) is 6.29. The number of hydrogen-bond donors (Lipinski definition) is 1. The van der Waals surface area contributed by atoms with Crippen molar-refractivity contribution in [3.63, 3.8) is 0 Å². The summed E-state index contributed by atoms with van der Waals surface area (Å²) >= 11 is 0. The fraction of sp³-hybridized carbons (Fsp3) is 0.929. The van der Waals surface area contributed by atoms with Crippen LogP contribution in [0.25, 0.3) is 0 Å². The van der Waals surface area contributed by atoms with Gasteiger partial charge in [0, 0.05) is 26.2 Å².